The Morgan fingerprint density at radius 3 is 3.12 bits per heavy atom. The minimum absolute atomic E-state index is 0.0644. The van der Waals surface area contributed by atoms with Gasteiger partial charge in [0.2, 0.25) is 0 Å². The van der Waals surface area contributed by atoms with Crippen molar-refractivity contribution in [3.63, 3.8) is 0 Å². The van der Waals surface area contributed by atoms with E-state index in [1.54, 1.807) is 0 Å². The van der Waals surface area contributed by atoms with Crippen LogP contribution in [0, 0.1) is 0 Å². The molecule has 0 unspecified atom stereocenters. The summed E-state index contributed by atoms with van der Waals surface area (Å²) in [6.07, 6.45) is 0. The van der Waals surface area contributed by atoms with Crippen LogP contribution in [0.1, 0.15) is 0 Å². The van der Waals surface area contributed by atoms with Gasteiger partial charge in [0, 0.05) is 10.9 Å². The smallest absolute Gasteiger partial charge is 0.262 e. The van der Waals surface area contributed by atoms with E-state index in [0.29, 0.717) is 15.9 Å². The van der Waals surface area contributed by atoms with E-state index in [4.69, 9.17) is 16.3 Å². The lowest BCUT2D eigenvalue weighted by atomic mass is 10.1. The summed E-state index contributed by atoms with van der Waals surface area (Å²) in [4.78, 5) is 15.4. The predicted molar refractivity (Wildman–Crippen MR) is 66.7 cm³/mol. The van der Waals surface area contributed by atoms with E-state index in [1.807, 2.05) is 23.6 Å². The molecule has 1 N–H and O–H groups in total. The fourth-order valence-electron chi connectivity index (χ4n) is 1.63. The monoisotopic (exact) mass is 266 g/mol. The third-order valence-electron chi connectivity index (χ3n) is 2.38. The minimum Gasteiger partial charge on any atom is -0.482 e. The largest absolute Gasteiger partial charge is 0.482 e. The summed E-state index contributed by atoms with van der Waals surface area (Å²) < 4.78 is 5.77. The summed E-state index contributed by atoms with van der Waals surface area (Å²) in [6.45, 7) is 0.0644. The van der Waals surface area contributed by atoms with Crippen molar-refractivity contribution in [3.8, 4) is 17.0 Å². The Balaban J connectivity index is 2.03. The third kappa shape index (κ3) is 1.99. The van der Waals surface area contributed by atoms with Gasteiger partial charge in [-0.1, -0.05) is 11.6 Å². The minimum atomic E-state index is -0.147. The van der Waals surface area contributed by atoms with E-state index >= 15 is 0 Å². The molecule has 2 heterocycles. The van der Waals surface area contributed by atoms with Gasteiger partial charge >= 0.3 is 0 Å². The normalized spacial score (nSPS) is 13.8. The van der Waals surface area contributed by atoms with Crippen LogP contribution in [0.4, 0.5) is 5.69 Å². The molecule has 0 saturated heterocycles. The van der Waals surface area contributed by atoms with Crippen LogP contribution in [0.5, 0.6) is 5.75 Å². The fraction of sp³-hybridized carbons (Fsp3) is 0.0909. The first-order valence-corrected chi connectivity index (χ1v) is 6.16. The zero-order chi connectivity index (χ0) is 11.8. The van der Waals surface area contributed by atoms with Gasteiger partial charge in [0.15, 0.2) is 11.1 Å². The van der Waals surface area contributed by atoms with Crippen molar-refractivity contribution in [2.24, 2.45) is 0 Å². The molecular weight excluding hydrogens is 260 g/mol. The van der Waals surface area contributed by atoms with E-state index in [-0.39, 0.29) is 12.5 Å². The molecule has 86 valence electrons. The second-order valence-electron chi connectivity index (χ2n) is 3.53. The van der Waals surface area contributed by atoms with Crippen molar-refractivity contribution < 1.29 is 9.53 Å². The Morgan fingerprint density at radius 2 is 2.35 bits per heavy atom. The number of benzene rings is 1. The maximum Gasteiger partial charge on any atom is 0.262 e. The maximum atomic E-state index is 11.2. The number of nitrogens with zero attached hydrogens (tertiary/aromatic N) is 1. The summed E-state index contributed by atoms with van der Waals surface area (Å²) in [6, 6.07) is 5.54. The Kier molecular flexibility index (Phi) is 2.49. The van der Waals surface area contributed by atoms with Crippen LogP contribution in [0.3, 0.4) is 0 Å². The van der Waals surface area contributed by atoms with Gasteiger partial charge in [0.05, 0.1) is 11.4 Å². The average molecular weight is 267 g/mol. The molecule has 1 aliphatic heterocycles. The highest BCUT2D eigenvalue weighted by atomic mass is 35.5. The molecule has 1 aromatic heterocycles. The number of carbonyl (C=O) groups excluding carboxylic acids is 1. The number of anilines is 1. The van der Waals surface area contributed by atoms with Gasteiger partial charge in [-0.05, 0) is 18.2 Å². The number of nitrogens with one attached hydrogen (secondary N) is 1. The van der Waals surface area contributed by atoms with Gasteiger partial charge in [-0.15, -0.1) is 11.3 Å². The number of halogens is 1. The van der Waals surface area contributed by atoms with Crippen LogP contribution >= 0.6 is 22.9 Å². The zero-order valence-corrected chi connectivity index (χ0v) is 10.1. The second-order valence-corrected chi connectivity index (χ2v) is 4.97. The number of carbonyl (C=O) groups is 1. The van der Waals surface area contributed by atoms with E-state index in [2.05, 4.69) is 10.3 Å². The van der Waals surface area contributed by atoms with Crippen molar-refractivity contribution in [1.29, 1.82) is 0 Å². The Hall–Kier alpha value is -1.59. The quantitative estimate of drug-likeness (QED) is 0.863. The summed E-state index contributed by atoms with van der Waals surface area (Å²) >= 11 is 7.16. The maximum absolute atomic E-state index is 11.2. The highest BCUT2D eigenvalue weighted by Gasteiger charge is 2.16. The van der Waals surface area contributed by atoms with Crippen LogP contribution < -0.4 is 10.1 Å². The van der Waals surface area contributed by atoms with E-state index in [9.17, 15) is 4.79 Å². The van der Waals surface area contributed by atoms with Crippen molar-refractivity contribution in [3.05, 3.63) is 28.0 Å². The van der Waals surface area contributed by atoms with E-state index in [0.717, 1.165) is 11.3 Å². The molecule has 0 radical (unpaired) electrons. The van der Waals surface area contributed by atoms with Crippen molar-refractivity contribution >= 4 is 34.5 Å². The number of amides is 1. The molecule has 1 aromatic carbocycles. The standard InChI is InChI=1S/C11H7ClN2O2S/c12-11-14-8(5-17-11)6-1-2-9-7(3-6)13-10(15)4-16-9/h1-3,5H,4H2,(H,13,15). The number of hydrogen-bond donors (Lipinski definition) is 1. The number of fused-ring (bicyclic) bond motifs is 1. The highest BCUT2D eigenvalue weighted by Crippen LogP contribution is 2.33. The third-order valence-corrected chi connectivity index (χ3v) is 3.36. The molecule has 0 fully saturated rings. The van der Waals surface area contributed by atoms with Crippen molar-refractivity contribution in [2.75, 3.05) is 11.9 Å². The molecule has 1 amide bonds. The predicted octanol–water partition coefficient (Wildman–Crippen LogP) is 2.79. The molecule has 3 rings (SSSR count). The number of aromatic nitrogens is 1. The van der Waals surface area contributed by atoms with Crippen molar-refractivity contribution in [1.82, 2.24) is 4.98 Å². The summed E-state index contributed by atoms with van der Waals surface area (Å²) in [7, 11) is 0. The Bertz CT molecular complexity index is 597. The lowest BCUT2D eigenvalue weighted by molar-refractivity contribution is -0.118. The lowest BCUT2D eigenvalue weighted by Gasteiger charge is -2.18. The molecule has 6 heteroatoms. The van der Waals surface area contributed by atoms with Gasteiger partial charge in [0.1, 0.15) is 5.75 Å². The van der Waals surface area contributed by atoms with E-state index < -0.39 is 0 Å². The fourth-order valence-corrected chi connectivity index (χ4v) is 2.40. The second kappa shape index (κ2) is 4.01. The first-order chi connectivity index (χ1) is 8.22. The van der Waals surface area contributed by atoms with Gasteiger partial charge in [-0.2, -0.15) is 0 Å². The first kappa shape index (κ1) is 10.6. The molecule has 0 spiro atoms. The molecule has 1 aliphatic rings. The van der Waals surface area contributed by atoms with Crippen LogP contribution in [0.2, 0.25) is 4.47 Å². The number of ether oxygens (including phenoxy) is 1. The number of rotatable bonds is 1. The first-order valence-electron chi connectivity index (χ1n) is 4.90. The molecule has 17 heavy (non-hydrogen) atoms. The van der Waals surface area contributed by atoms with Crippen LogP contribution in [0.25, 0.3) is 11.3 Å². The molecule has 2 aromatic rings. The van der Waals surface area contributed by atoms with Crippen molar-refractivity contribution in [2.45, 2.75) is 0 Å². The Morgan fingerprint density at radius 1 is 1.47 bits per heavy atom. The molecule has 0 bridgehead atoms. The lowest BCUT2D eigenvalue weighted by Crippen LogP contribution is -2.25. The van der Waals surface area contributed by atoms with Gasteiger partial charge in [-0.25, -0.2) is 4.98 Å². The molecule has 0 aliphatic carbocycles. The Labute approximate surface area is 106 Å². The highest BCUT2D eigenvalue weighted by molar-refractivity contribution is 7.14. The zero-order valence-electron chi connectivity index (χ0n) is 8.57. The SMILES string of the molecule is O=C1COc2ccc(-c3csc(Cl)n3)cc2N1. The van der Waals surface area contributed by atoms with Crippen LogP contribution in [-0.2, 0) is 4.79 Å². The summed E-state index contributed by atoms with van der Waals surface area (Å²) in [5.41, 5.74) is 2.36. The topological polar surface area (TPSA) is 51.2 Å². The molecular formula is C11H7ClN2O2S. The van der Waals surface area contributed by atoms with E-state index in [1.165, 1.54) is 11.3 Å². The number of hydrogen-bond acceptors (Lipinski definition) is 4. The molecule has 0 atom stereocenters. The summed E-state index contributed by atoms with van der Waals surface area (Å²) in [5, 5.41) is 4.63. The molecule has 0 saturated carbocycles. The van der Waals surface area contributed by atoms with Crippen LogP contribution in [0.15, 0.2) is 23.6 Å². The summed E-state index contributed by atoms with van der Waals surface area (Å²) in [5.74, 6) is 0.528. The van der Waals surface area contributed by atoms with Gasteiger partial charge < -0.3 is 10.1 Å². The van der Waals surface area contributed by atoms with Gasteiger partial charge in [-0.3, -0.25) is 4.79 Å². The van der Waals surface area contributed by atoms with Gasteiger partial charge in [0.25, 0.3) is 5.91 Å². The van der Waals surface area contributed by atoms with Crippen LogP contribution in [-0.4, -0.2) is 17.5 Å². The molecule has 4 nitrogen and oxygen atoms in total. The average Bonchev–Trinajstić information content (AvgIpc) is 2.75. The number of thiazole rings is 1.